The molecule has 0 amide bonds. The number of fused-ring (bicyclic) bond motifs is 1. The third-order valence-corrected chi connectivity index (χ3v) is 3.01. The molecule has 0 saturated carbocycles. The minimum absolute atomic E-state index is 0.976. The molecule has 16 heavy (non-hydrogen) atoms. The maximum absolute atomic E-state index is 4.38. The Morgan fingerprint density at radius 1 is 0.938 bits per heavy atom. The van der Waals surface area contributed by atoms with Crippen molar-refractivity contribution in [2.75, 3.05) is 0 Å². The van der Waals surface area contributed by atoms with E-state index >= 15 is 0 Å². The Balaban J connectivity index is 2.07. The van der Waals surface area contributed by atoms with Crippen LogP contribution in [0.25, 0.3) is 11.1 Å². The van der Waals surface area contributed by atoms with E-state index in [1.54, 1.807) is 0 Å². The van der Waals surface area contributed by atoms with Crippen LogP contribution in [-0.2, 0) is 6.42 Å². The summed E-state index contributed by atoms with van der Waals surface area (Å²) in [5.74, 6) is 0. The van der Waals surface area contributed by atoms with Gasteiger partial charge in [0.1, 0.15) is 0 Å². The van der Waals surface area contributed by atoms with Crippen LogP contribution < -0.4 is 0 Å². The van der Waals surface area contributed by atoms with Crippen molar-refractivity contribution in [2.45, 2.75) is 13.3 Å². The summed E-state index contributed by atoms with van der Waals surface area (Å²) in [4.78, 5) is 4.38. The van der Waals surface area contributed by atoms with Gasteiger partial charge in [0, 0.05) is 12.6 Å². The topological polar surface area (TPSA) is 12.4 Å². The highest BCUT2D eigenvalue weighted by Crippen LogP contribution is 2.30. The molecule has 3 rings (SSSR count). The average molecular weight is 207 g/mol. The Hall–Kier alpha value is -1.89. The van der Waals surface area contributed by atoms with E-state index in [4.69, 9.17) is 0 Å². The highest BCUT2D eigenvalue weighted by atomic mass is 14.7. The molecule has 0 fully saturated rings. The second-order valence-electron chi connectivity index (χ2n) is 4.23. The first-order valence-electron chi connectivity index (χ1n) is 5.55. The van der Waals surface area contributed by atoms with Gasteiger partial charge in [-0.05, 0) is 29.7 Å². The van der Waals surface area contributed by atoms with Crippen molar-refractivity contribution in [1.82, 2.24) is 0 Å². The van der Waals surface area contributed by atoms with Gasteiger partial charge in [0.15, 0.2) is 0 Å². The number of hydrogen-bond donors (Lipinski definition) is 0. The van der Waals surface area contributed by atoms with Gasteiger partial charge in [-0.15, -0.1) is 0 Å². The zero-order chi connectivity index (χ0) is 11.0. The van der Waals surface area contributed by atoms with Crippen LogP contribution in [0.4, 0.5) is 5.69 Å². The summed E-state index contributed by atoms with van der Waals surface area (Å²) in [6.07, 6.45) is 2.95. The lowest BCUT2D eigenvalue weighted by Crippen LogP contribution is -1.81. The molecule has 1 heteroatoms. The Morgan fingerprint density at radius 2 is 1.69 bits per heavy atom. The molecule has 0 radical (unpaired) electrons. The van der Waals surface area contributed by atoms with E-state index < -0.39 is 0 Å². The van der Waals surface area contributed by atoms with E-state index in [1.165, 1.54) is 22.3 Å². The molecule has 0 N–H and O–H groups in total. The molecule has 1 nitrogen and oxygen atoms in total. The molecule has 0 saturated heterocycles. The standard InChI is InChI=1S/C15H13N/c1-11-2-4-12(5-3-11)14-7-6-13-8-9-16-15(13)10-14/h2-7,9-10H,8H2,1H3. The number of benzene rings is 2. The fourth-order valence-corrected chi connectivity index (χ4v) is 2.02. The fraction of sp³-hybridized carbons (Fsp3) is 0.133. The molecule has 0 atom stereocenters. The predicted molar refractivity (Wildman–Crippen MR) is 68.5 cm³/mol. The van der Waals surface area contributed by atoms with Gasteiger partial charge in [-0.1, -0.05) is 42.0 Å². The minimum atomic E-state index is 0.976. The van der Waals surface area contributed by atoms with Crippen LogP contribution in [0.3, 0.4) is 0 Å². The summed E-state index contributed by atoms with van der Waals surface area (Å²) < 4.78 is 0. The molecule has 0 aromatic heterocycles. The van der Waals surface area contributed by atoms with Crippen molar-refractivity contribution in [2.24, 2.45) is 4.99 Å². The van der Waals surface area contributed by atoms with Crippen molar-refractivity contribution < 1.29 is 0 Å². The van der Waals surface area contributed by atoms with Crippen molar-refractivity contribution in [3.05, 3.63) is 53.6 Å². The molecule has 1 heterocycles. The van der Waals surface area contributed by atoms with Gasteiger partial charge in [0.25, 0.3) is 0 Å². The largest absolute Gasteiger partial charge is 0.261 e. The van der Waals surface area contributed by atoms with Crippen LogP contribution in [0.5, 0.6) is 0 Å². The summed E-state index contributed by atoms with van der Waals surface area (Å²) in [5, 5.41) is 0. The van der Waals surface area contributed by atoms with Crippen LogP contribution in [-0.4, -0.2) is 6.21 Å². The lowest BCUT2D eigenvalue weighted by Gasteiger charge is -2.04. The fourth-order valence-electron chi connectivity index (χ4n) is 2.02. The molecule has 2 aromatic carbocycles. The molecule has 0 unspecified atom stereocenters. The third-order valence-electron chi connectivity index (χ3n) is 3.01. The summed E-state index contributed by atoms with van der Waals surface area (Å²) >= 11 is 0. The lowest BCUT2D eigenvalue weighted by molar-refractivity contribution is 1.41. The summed E-state index contributed by atoms with van der Waals surface area (Å²) in [6, 6.07) is 15.1. The first kappa shape index (κ1) is 9.34. The highest BCUT2D eigenvalue weighted by molar-refractivity contribution is 5.79. The molecule has 78 valence electrons. The zero-order valence-electron chi connectivity index (χ0n) is 9.27. The van der Waals surface area contributed by atoms with Gasteiger partial charge < -0.3 is 0 Å². The number of nitrogens with zero attached hydrogens (tertiary/aromatic N) is 1. The van der Waals surface area contributed by atoms with Crippen LogP contribution in [0.2, 0.25) is 0 Å². The second kappa shape index (κ2) is 3.60. The predicted octanol–water partition coefficient (Wildman–Crippen LogP) is 3.92. The molecule has 1 aliphatic heterocycles. The van der Waals surface area contributed by atoms with E-state index in [1.807, 2.05) is 6.21 Å². The van der Waals surface area contributed by atoms with Crippen molar-refractivity contribution in [1.29, 1.82) is 0 Å². The Morgan fingerprint density at radius 3 is 2.50 bits per heavy atom. The molecule has 2 aromatic rings. The van der Waals surface area contributed by atoms with Gasteiger partial charge in [-0.3, -0.25) is 4.99 Å². The van der Waals surface area contributed by atoms with Crippen LogP contribution in [0.15, 0.2) is 47.5 Å². The van der Waals surface area contributed by atoms with E-state index in [0.29, 0.717) is 0 Å². The summed E-state index contributed by atoms with van der Waals surface area (Å²) in [6.45, 7) is 2.11. The van der Waals surface area contributed by atoms with E-state index in [9.17, 15) is 0 Å². The van der Waals surface area contributed by atoms with E-state index in [0.717, 1.165) is 12.1 Å². The van der Waals surface area contributed by atoms with E-state index in [-0.39, 0.29) is 0 Å². The molecule has 1 aliphatic rings. The quantitative estimate of drug-likeness (QED) is 0.672. The summed E-state index contributed by atoms with van der Waals surface area (Å²) in [7, 11) is 0. The number of aryl methyl sites for hydroxylation is 1. The first-order valence-corrected chi connectivity index (χ1v) is 5.55. The Kier molecular flexibility index (Phi) is 2.10. The van der Waals surface area contributed by atoms with Crippen LogP contribution >= 0.6 is 0 Å². The van der Waals surface area contributed by atoms with Gasteiger partial charge in [0.05, 0.1) is 5.69 Å². The van der Waals surface area contributed by atoms with Gasteiger partial charge >= 0.3 is 0 Å². The maximum Gasteiger partial charge on any atom is 0.0667 e. The van der Waals surface area contributed by atoms with Crippen LogP contribution in [0, 0.1) is 6.92 Å². The van der Waals surface area contributed by atoms with Gasteiger partial charge in [-0.2, -0.15) is 0 Å². The third kappa shape index (κ3) is 1.54. The molecule has 0 aliphatic carbocycles. The zero-order valence-corrected chi connectivity index (χ0v) is 9.27. The van der Waals surface area contributed by atoms with Crippen molar-refractivity contribution >= 4 is 11.9 Å². The van der Waals surface area contributed by atoms with E-state index in [2.05, 4.69) is 54.4 Å². The molecule has 0 bridgehead atoms. The van der Waals surface area contributed by atoms with Crippen LogP contribution in [0.1, 0.15) is 11.1 Å². The monoisotopic (exact) mass is 207 g/mol. The number of aliphatic imine (C=N–C) groups is 1. The second-order valence-corrected chi connectivity index (χ2v) is 4.23. The number of hydrogen-bond acceptors (Lipinski definition) is 1. The first-order chi connectivity index (χ1) is 7.83. The molecular formula is C15H13N. The number of rotatable bonds is 1. The Labute approximate surface area is 95.5 Å². The average Bonchev–Trinajstić information content (AvgIpc) is 2.77. The smallest absolute Gasteiger partial charge is 0.0667 e. The van der Waals surface area contributed by atoms with Crippen molar-refractivity contribution in [3.8, 4) is 11.1 Å². The lowest BCUT2D eigenvalue weighted by atomic mass is 10.0. The molecule has 0 spiro atoms. The highest BCUT2D eigenvalue weighted by Gasteiger charge is 2.07. The minimum Gasteiger partial charge on any atom is -0.261 e. The maximum atomic E-state index is 4.38. The SMILES string of the molecule is Cc1ccc(-c2ccc3c(c2)N=CC3)cc1. The van der Waals surface area contributed by atoms with Crippen molar-refractivity contribution in [3.63, 3.8) is 0 Å². The Bertz CT molecular complexity index is 550. The summed E-state index contributed by atoms with van der Waals surface area (Å²) in [5.41, 5.74) is 6.25. The van der Waals surface area contributed by atoms with Gasteiger partial charge in [0.2, 0.25) is 0 Å². The normalized spacial score (nSPS) is 12.8. The van der Waals surface area contributed by atoms with Gasteiger partial charge in [-0.25, -0.2) is 0 Å². The molecular weight excluding hydrogens is 194 g/mol.